The van der Waals surface area contributed by atoms with Crippen LogP contribution in [0.15, 0.2) is 47.1 Å². The lowest BCUT2D eigenvalue weighted by molar-refractivity contribution is 0.101. The molecule has 144 valence electrons. The Morgan fingerprint density at radius 1 is 1.21 bits per heavy atom. The molecule has 1 aliphatic rings. The summed E-state index contributed by atoms with van der Waals surface area (Å²) in [5.74, 6) is -1.90. The van der Waals surface area contributed by atoms with Crippen LogP contribution >= 0.6 is 0 Å². The van der Waals surface area contributed by atoms with Crippen LogP contribution in [-0.2, 0) is 10.5 Å². The van der Waals surface area contributed by atoms with E-state index in [1.807, 2.05) is 4.90 Å². The normalized spacial score (nSPS) is 16.5. The number of rotatable bonds is 3. The second kappa shape index (κ2) is 7.12. The Hall–Kier alpha value is -3.14. The van der Waals surface area contributed by atoms with Gasteiger partial charge in [-0.15, -0.1) is 0 Å². The second-order valence-electron chi connectivity index (χ2n) is 6.40. The fourth-order valence-corrected chi connectivity index (χ4v) is 3.83. The van der Waals surface area contributed by atoms with Gasteiger partial charge < -0.3 is 4.90 Å². The first-order valence-electron chi connectivity index (χ1n) is 8.48. The van der Waals surface area contributed by atoms with Crippen molar-refractivity contribution >= 4 is 27.6 Å². The smallest absolute Gasteiger partial charge is 0.319 e. The van der Waals surface area contributed by atoms with Crippen molar-refractivity contribution in [2.75, 3.05) is 11.4 Å². The molecule has 0 aliphatic carbocycles. The summed E-state index contributed by atoms with van der Waals surface area (Å²) in [5.41, 5.74) is 1.39. The van der Waals surface area contributed by atoms with Gasteiger partial charge in [0.25, 0.3) is 5.91 Å². The molecule has 0 spiro atoms. The van der Waals surface area contributed by atoms with Gasteiger partial charge in [0.2, 0.25) is 0 Å². The van der Waals surface area contributed by atoms with Crippen LogP contribution in [-0.4, -0.2) is 30.5 Å². The molecule has 1 saturated heterocycles. The third-order valence-corrected chi connectivity index (χ3v) is 5.11. The van der Waals surface area contributed by atoms with E-state index in [4.69, 9.17) is 0 Å². The molecule has 0 N–H and O–H groups in total. The quantitative estimate of drug-likeness (QED) is 0.670. The van der Waals surface area contributed by atoms with Crippen LogP contribution in [0.5, 0.6) is 0 Å². The van der Waals surface area contributed by atoms with E-state index < -0.39 is 28.0 Å². The Morgan fingerprint density at radius 3 is 2.82 bits per heavy atom. The zero-order valence-corrected chi connectivity index (χ0v) is 15.2. The monoisotopic (exact) mass is 404 g/mol. The van der Waals surface area contributed by atoms with Crippen LogP contribution in [0.25, 0.3) is 5.52 Å². The lowest BCUT2D eigenvalue weighted by Gasteiger charge is -2.27. The number of anilines is 1. The third-order valence-electron chi connectivity index (χ3n) is 4.79. The highest BCUT2D eigenvalue weighted by atomic mass is 32.2. The van der Waals surface area contributed by atoms with Gasteiger partial charge in [-0.05, 0) is 43.2 Å². The van der Waals surface area contributed by atoms with Crippen LogP contribution in [0, 0.1) is 11.6 Å². The van der Waals surface area contributed by atoms with Crippen molar-refractivity contribution in [3.63, 3.8) is 0 Å². The zero-order chi connectivity index (χ0) is 19.8. The van der Waals surface area contributed by atoms with E-state index in [2.05, 4.69) is 9.46 Å². The summed E-state index contributed by atoms with van der Waals surface area (Å²) >= 11 is 0. The summed E-state index contributed by atoms with van der Waals surface area (Å²) in [4.78, 5) is 13.9. The number of pyridine rings is 1. The minimum Gasteiger partial charge on any atom is -0.364 e. The first kappa shape index (κ1) is 18.2. The van der Waals surface area contributed by atoms with E-state index in [0.29, 0.717) is 24.2 Å². The summed E-state index contributed by atoms with van der Waals surface area (Å²) in [5, 5.41) is 4.02. The Labute approximate surface area is 159 Å². The van der Waals surface area contributed by atoms with Gasteiger partial charge in [-0.3, -0.25) is 4.79 Å². The van der Waals surface area contributed by atoms with E-state index in [1.54, 1.807) is 18.3 Å². The molecule has 3 heterocycles. The first-order valence-corrected chi connectivity index (χ1v) is 9.51. The highest BCUT2D eigenvalue weighted by Gasteiger charge is 2.29. The van der Waals surface area contributed by atoms with Crippen LogP contribution < -0.4 is 4.90 Å². The number of hydrogen-bond acceptors (Lipinski definition) is 5. The number of benzene rings is 1. The van der Waals surface area contributed by atoms with Gasteiger partial charge in [-0.25, -0.2) is 13.3 Å². The van der Waals surface area contributed by atoms with Crippen molar-refractivity contribution in [1.82, 2.24) is 9.61 Å². The largest absolute Gasteiger partial charge is 0.364 e. The summed E-state index contributed by atoms with van der Waals surface area (Å²) in [7, 11) is -2.87. The topological polar surface area (TPSA) is 84.1 Å². The average Bonchev–Trinajstić information content (AvgIpc) is 3.29. The van der Waals surface area contributed by atoms with Crippen LogP contribution in [0.3, 0.4) is 0 Å². The van der Waals surface area contributed by atoms with E-state index in [9.17, 15) is 22.0 Å². The third kappa shape index (κ3) is 3.26. The maximum atomic E-state index is 14.3. The summed E-state index contributed by atoms with van der Waals surface area (Å²) in [6, 6.07) is 6.47. The zero-order valence-electron chi connectivity index (χ0n) is 14.4. The Balaban J connectivity index is 1.77. The average molecular weight is 404 g/mol. The van der Waals surface area contributed by atoms with Crippen molar-refractivity contribution in [3.8, 4) is 0 Å². The molecule has 28 heavy (non-hydrogen) atoms. The van der Waals surface area contributed by atoms with Crippen molar-refractivity contribution in [2.24, 2.45) is 4.36 Å². The predicted molar refractivity (Wildman–Crippen MR) is 96.5 cm³/mol. The summed E-state index contributed by atoms with van der Waals surface area (Å²) < 4.78 is 53.7. The SMILES string of the molecule is O=C(N=S(=O)=O)c1cnn2ccc(N3CCCC3c3cc(F)ccc3F)cc12. The van der Waals surface area contributed by atoms with Crippen molar-refractivity contribution in [3.05, 3.63) is 65.5 Å². The van der Waals surface area contributed by atoms with Gasteiger partial charge >= 0.3 is 10.5 Å². The van der Waals surface area contributed by atoms with Gasteiger partial charge in [0.05, 0.1) is 23.3 Å². The molecule has 1 aliphatic heterocycles. The van der Waals surface area contributed by atoms with Crippen LogP contribution in [0.1, 0.15) is 34.8 Å². The Kier molecular flexibility index (Phi) is 4.63. The number of carbonyl (C=O) groups is 1. The standard InChI is InChI=1S/C18H14F2N4O3S/c19-11-3-4-15(20)13(8-11)16-2-1-6-23(16)12-5-7-24-17(9-12)14(10-21-24)18(25)22-28(26)27/h3-5,7-10,16H,1-2,6H2. The lowest BCUT2D eigenvalue weighted by atomic mass is 10.0. The van der Waals surface area contributed by atoms with E-state index in [-0.39, 0.29) is 17.2 Å². The van der Waals surface area contributed by atoms with Gasteiger partial charge in [0.1, 0.15) is 11.6 Å². The highest BCUT2D eigenvalue weighted by molar-refractivity contribution is 7.62. The molecule has 3 aromatic rings. The summed E-state index contributed by atoms with van der Waals surface area (Å²) in [6.07, 6.45) is 4.31. The number of amides is 1. The van der Waals surface area contributed by atoms with E-state index in [1.165, 1.54) is 16.8 Å². The number of fused-ring (bicyclic) bond motifs is 1. The molecular formula is C18H14F2N4O3S. The molecule has 4 rings (SSSR count). The highest BCUT2D eigenvalue weighted by Crippen LogP contribution is 2.38. The molecule has 10 heteroatoms. The number of hydrogen-bond donors (Lipinski definition) is 0. The number of halogens is 2. The molecule has 0 saturated carbocycles. The molecule has 1 fully saturated rings. The molecule has 1 aromatic carbocycles. The van der Waals surface area contributed by atoms with E-state index in [0.717, 1.165) is 18.6 Å². The van der Waals surface area contributed by atoms with Crippen LogP contribution in [0.4, 0.5) is 14.5 Å². The van der Waals surface area contributed by atoms with Gasteiger partial charge in [0, 0.05) is 24.0 Å². The van der Waals surface area contributed by atoms with Gasteiger partial charge in [-0.2, -0.15) is 13.5 Å². The lowest BCUT2D eigenvalue weighted by Crippen LogP contribution is -2.23. The van der Waals surface area contributed by atoms with E-state index >= 15 is 0 Å². The molecule has 2 aromatic heterocycles. The number of carbonyl (C=O) groups excluding carboxylic acids is 1. The maximum Gasteiger partial charge on any atom is 0.319 e. The molecule has 0 bridgehead atoms. The molecule has 1 unspecified atom stereocenters. The number of aromatic nitrogens is 2. The molecule has 1 amide bonds. The molecule has 0 radical (unpaired) electrons. The fourth-order valence-electron chi connectivity index (χ4n) is 3.60. The maximum absolute atomic E-state index is 14.3. The Bertz CT molecular complexity index is 1210. The second-order valence-corrected chi connectivity index (χ2v) is 7.02. The minimum atomic E-state index is -2.87. The van der Waals surface area contributed by atoms with Gasteiger partial charge in [-0.1, -0.05) is 4.36 Å². The molecular weight excluding hydrogens is 390 g/mol. The van der Waals surface area contributed by atoms with Crippen molar-refractivity contribution in [1.29, 1.82) is 0 Å². The number of nitrogens with zero attached hydrogens (tertiary/aromatic N) is 4. The first-order chi connectivity index (χ1) is 13.4. The fraction of sp³-hybridized carbons (Fsp3) is 0.222. The van der Waals surface area contributed by atoms with Gasteiger partial charge in [0.15, 0.2) is 0 Å². The predicted octanol–water partition coefficient (Wildman–Crippen LogP) is 3.16. The molecule has 1 atom stereocenters. The van der Waals surface area contributed by atoms with Crippen LogP contribution in [0.2, 0.25) is 0 Å². The summed E-state index contributed by atoms with van der Waals surface area (Å²) in [6.45, 7) is 0.628. The molecule has 7 nitrogen and oxygen atoms in total. The van der Waals surface area contributed by atoms with Crippen molar-refractivity contribution in [2.45, 2.75) is 18.9 Å². The minimum absolute atomic E-state index is 0.0405. The Morgan fingerprint density at radius 2 is 2.04 bits per heavy atom. The van der Waals surface area contributed by atoms with Crippen molar-refractivity contribution < 1.29 is 22.0 Å².